The van der Waals surface area contributed by atoms with Crippen LogP contribution < -0.4 is 4.72 Å². The molecule has 2 N–H and O–H groups in total. The van der Waals surface area contributed by atoms with E-state index in [0.717, 1.165) is 0 Å². The van der Waals surface area contributed by atoms with Gasteiger partial charge in [-0.2, -0.15) is 0 Å². The van der Waals surface area contributed by atoms with Crippen LogP contribution in [0.25, 0.3) is 0 Å². The van der Waals surface area contributed by atoms with Gasteiger partial charge in [0.05, 0.1) is 6.61 Å². The molecular formula is C11H14F3NO3S. The van der Waals surface area contributed by atoms with E-state index in [1.54, 1.807) is 13.8 Å². The highest BCUT2D eigenvalue weighted by atomic mass is 32.2. The Balaban J connectivity index is 3.18. The second-order valence-electron chi connectivity index (χ2n) is 4.33. The summed E-state index contributed by atoms with van der Waals surface area (Å²) in [6.45, 7) is 2.79. The molecule has 1 rings (SSSR count). The zero-order valence-corrected chi connectivity index (χ0v) is 11.1. The van der Waals surface area contributed by atoms with Crippen LogP contribution >= 0.6 is 0 Å². The predicted molar refractivity (Wildman–Crippen MR) is 62.3 cm³/mol. The zero-order chi connectivity index (χ0) is 14.8. The van der Waals surface area contributed by atoms with E-state index in [9.17, 15) is 21.6 Å². The number of aliphatic hydroxyl groups is 1. The third kappa shape index (κ3) is 3.46. The van der Waals surface area contributed by atoms with E-state index in [1.165, 1.54) is 0 Å². The average molecular weight is 297 g/mol. The molecule has 0 unspecified atom stereocenters. The van der Waals surface area contributed by atoms with Gasteiger partial charge in [0.2, 0.25) is 10.0 Å². The fourth-order valence-electron chi connectivity index (χ4n) is 1.36. The highest BCUT2D eigenvalue weighted by molar-refractivity contribution is 7.89. The molecule has 1 aromatic carbocycles. The highest BCUT2D eigenvalue weighted by Gasteiger charge is 2.27. The molecular weight excluding hydrogens is 283 g/mol. The molecule has 0 aromatic heterocycles. The number of aliphatic hydroxyl groups excluding tert-OH is 1. The van der Waals surface area contributed by atoms with Crippen LogP contribution in [0.4, 0.5) is 13.2 Å². The maximum atomic E-state index is 13.4. The molecule has 0 heterocycles. The number of benzene rings is 1. The molecule has 0 aliphatic heterocycles. The Morgan fingerprint density at radius 1 is 1.21 bits per heavy atom. The summed E-state index contributed by atoms with van der Waals surface area (Å²) >= 11 is 0. The highest BCUT2D eigenvalue weighted by Crippen LogP contribution is 2.20. The van der Waals surface area contributed by atoms with Gasteiger partial charge in [-0.05, 0) is 18.1 Å². The van der Waals surface area contributed by atoms with Gasteiger partial charge in [-0.15, -0.1) is 0 Å². The monoisotopic (exact) mass is 297 g/mol. The van der Waals surface area contributed by atoms with Crippen molar-refractivity contribution in [3.63, 3.8) is 0 Å². The minimum absolute atomic E-state index is 0.256. The van der Waals surface area contributed by atoms with Crippen molar-refractivity contribution >= 4 is 10.0 Å². The van der Waals surface area contributed by atoms with Crippen LogP contribution in [-0.4, -0.2) is 26.2 Å². The first-order chi connectivity index (χ1) is 8.70. The SMILES string of the molecule is CC(C)[C@@H](CO)NS(=O)(=O)c1ccc(F)c(F)c1F. The van der Waals surface area contributed by atoms with Crippen LogP contribution in [0.1, 0.15) is 13.8 Å². The lowest BCUT2D eigenvalue weighted by Gasteiger charge is -2.20. The largest absolute Gasteiger partial charge is 0.395 e. The van der Waals surface area contributed by atoms with Crippen LogP contribution in [0.15, 0.2) is 17.0 Å². The van der Waals surface area contributed by atoms with E-state index >= 15 is 0 Å². The normalized spacial score (nSPS) is 13.8. The van der Waals surface area contributed by atoms with Gasteiger partial charge in [0, 0.05) is 6.04 Å². The summed E-state index contributed by atoms with van der Waals surface area (Å²) in [5, 5.41) is 9.02. The zero-order valence-electron chi connectivity index (χ0n) is 10.3. The standard InChI is InChI=1S/C11H14F3NO3S/c1-6(2)8(5-16)15-19(17,18)9-4-3-7(12)10(13)11(9)14/h3-4,6,8,15-16H,5H2,1-2H3/t8-/m1/s1. The molecule has 0 aliphatic carbocycles. The summed E-state index contributed by atoms with van der Waals surface area (Å²) in [7, 11) is -4.38. The first-order valence-corrected chi connectivity index (χ1v) is 6.95. The summed E-state index contributed by atoms with van der Waals surface area (Å²) in [6, 6.07) is 0.304. The van der Waals surface area contributed by atoms with Gasteiger partial charge in [-0.1, -0.05) is 13.8 Å². The minimum atomic E-state index is -4.38. The lowest BCUT2D eigenvalue weighted by Crippen LogP contribution is -2.41. The summed E-state index contributed by atoms with van der Waals surface area (Å²) in [4.78, 5) is -0.995. The quantitative estimate of drug-likeness (QED) is 0.807. The maximum absolute atomic E-state index is 13.4. The Morgan fingerprint density at radius 2 is 1.79 bits per heavy atom. The lowest BCUT2D eigenvalue weighted by atomic mass is 10.1. The molecule has 0 aliphatic rings. The van der Waals surface area contributed by atoms with Gasteiger partial charge in [0.25, 0.3) is 0 Å². The molecule has 1 aromatic rings. The second kappa shape index (κ2) is 5.89. The molecule has 4 nitrogen and oxygen atoms in total. The van der Waals surface area contributed by atoms with Gasteiger partial charge in [0.15, 0.2) is 17.5 Å². The Labute approximate surface area is 109 Å². The van der Waals surface area contributed by atoms with Crippen LogP contribution in [0.5, 0.6) is 0 Å². The van der Waals surface area contributed by atoms with E-state index in [2.05, 4.69) is 0 Å². The van der Waals surface area contributed by atoms with Crippen LogP contribution in [0, 0.1) is 23.4 Å². The fraction of sp³-hybridized carbons (Fsp3) is 0.455. The predicted octanol–water partition coefficient (Wildman–Crippen LogP) is 1.40. The van der Waals surface area contributed by atoms with Crippen molar-refractivity contribution in [3.05, 3.63) is 29.6 Å². The summed E-state index contributed by atoms with van der Waals surface area (Å²) in [5.74, 6) is -5.37. The third-order valence-corrected chi connectivity index (χ3v) is 4.10. The molecule has 8 heteroatoms. The van der Waals surface area contributed by atoms with E-state index in [0.29, 0.717) is 12.1 Å². The van der Waals surface area contributed by atoms with Crippen molar-refractivity contribution < 1.29 is 26.7 Å². The van der Waals surface area contributed by atoms with Gasteiger partial charge >= 0.3 is 0 Å². The molecule has 0 spiro atoms. The number of hydrogen-bond donors (Lipinski definition) is 2. The minimum Gasteiger partial charge on any atom is -0.395 e. The van der Waals surface area contributed by atoms with Crippen molar-refractivity contribution in [1.29, 1.82) is 0 Å². The molecule has 0 amide bonds. The topological polar surface area (TPSA) is 66.4 Å². The van der Waals surface area contributed by atoms with E-state index in [-0.39, 0.29) is 5.92 Å². The van der Waals surface area contributed by atoms with Gasteiger partial charge in [-0.3, -0.25) is 0 Å². The van der Waals surface area contributed by atoms with Gasteiger partial charge in [-0.25, -0.2) is 26.3 Å². The van der Waals surface area contributed by atoms with E-state index in [4.69, 9.17) is 5.11 Å². The summed E-state index contributed by atoms with van der Waals surface area (Å²) in [5.41, 5.74) is 0. The van der Waals surface area contributed by atoms with Crippen molar-refractivity contribution in [2.45, 2.75) is 24.8 Å². The number of halogens is 3. The molecule has 108 valence electrons. The van der Waals surface area contributed by atoms with Crippen LogP contribution in [0.2, 0.25) is 0 Å². The number of nitrogens with one attached hydrogen (secondary N) is 1. The Morgan fingerprint density at radius 3 is 2.26 bits per heavy atom. The second-order valence-corrected chi connectivity index (χ2v) is 6.01. The third-order valence-electron chi connectivity index (χ3n) is 2.60. The molecule has 1 atom stereocenters. The summed E-state index contributed by atoms with van der Waals surface area (Å²) in [6.07, 6.45) is 0. The summed E-state index contributed by atoms with van der Waals surface area (Å²) < 4.78 is 64.9. The molecule has 0 saturated carbocycles. The maximum Gasteiger partial charge on any atom is 0.243 e. The van der Waals surface area contributed by atoms with Crippen molar-refractivity contribution in [2.24, 2.45) is 5.92 Å². The number of hydrogen-bond acceptors (Lipinski definition) is 3. The van der Waals surface area contributed by atoms with Crippen molar-refractivity contribution in [3.8, 4) is 0 Å². The Bertz CT molecular complexity index is 561. The molecule has 0 bridgehead atoms. The lowest BCUT2D eigenvalue weighted by molar-refractivity contribution is 0.227. The average Bonchev–Trinajstić information content (AvgIpc) is 2.32. The number of sulfonamides is 1. The molecule has 19 heavy (non-hydrogen) atoms. The number of rotatable bonds is 5. The van der Waals surface area contributed by atoms with Crippen molar-refractivity contribution in [2.75, 3.05) is 6.61 Å². The van der Waals surface area contributed by atoms with Crippen LogP contribution in [0.3, 0.4) is 0 Å². The first-order valence-electron chi connectivity index (χ1n) is 5.47. The molecule has 0 radical (unpaired) electrons. The van der Waals surface area contributed by atoms with Gasteiger partial charge < -0.3 is 5.11 Å². The fourth-order valence-corrected chi connectivity index (χ4v) is 2.81. The smallest absolute Gasteiger partial charge is 0.243 e. The van der Waals surface area contributed by atoms with Gasteiger partial charge in [0.1, 0.15) is 4.90 Å². The molecule has 0 fully saturated rings. The van der Waals surface area contributed by atoms with Crippen LogP contribution in [-0.2, 0) is 10.0 Å². The Hall–Kier alpha value is -1.12. The molecule has 0 saturated heterocycles. The van der Waals surface area contributed by atoms with Crippen molar-refractivity contribution in [1.82, 2.24) is 4.72 Å². The van der Waals surface area contributed by atoms with E-state index < -0.39 is 45.0 Å². The Kier molecular flexibility index (Phi) is 4.94. The first kappa shape index (κ1) is 15.9. The van der Waals surface area contributed by atoms with E-state index in [1.807, 2.05) is 4.72 Å².